The fraction of sp³-hybridized carbons (Fsp3) is 0.938. The summed E-state index contributed by atoms with van der Waals surface area (Å²) < 4.78 is 0. The van der Waals surface area contributed by atoms with Crippen molar-refractivity contribution in [3.05, 3.63) is 0 Å². The molecule has 1 nitrogen and oxygen atoms in total. The molecular formula is C16H28O. The molecule has 0 aromatic rings. The minimum absolute atomic E-state index is 0.265. The van der Waals surface area contributed by atoms with Crippen molar-refractivity contribution in [2.75, 3.05) is 0 Å². The second-order valence-electron chi connectivity index (χ2n) is 7.45. The van der Waals surface area contributed by atoms with Crippen LogP contribution < -0.4 is 0 Å². The van der Waals surface area contributed by atoms with Crippen molar-refractivity contribution in [1.29, 1.82) is 0 Å². The van der Waals surface area contributed by atoms with Crippen molar-refractivity contribution in [3.8, 4) is 0 Å². The van der Waals surface area contributed by atoms with E-state index in [1.807, 2.05) is 0 Å². The first kappa shape index (κ1) is 13.1. The third kappa shape index (κ3) is 2.74. The summed E-state index contributed by atoms with van der Waals surface area (Å²) in [7, 11) is 0. The third-order valence-electron chi connectivity index (χ3n) is 5.18. The number of ketones is 1. The maximum Gasteiger partial charge on any atom is 0.139 e. The summed E-state index contributed by atoms with van der Waals surface area (Å²) in [5.74, 6) is 2.82. The van der Waals surface area contributed by atoms with E-state index < -0.39 is 0 Å². The highest BCUT2D eigenvalue weighted by Crippen LogP contribution is 2.46. The largest absolute Gasteiger partial charge is 0.299 e. The van der Waals surface area contributed by atoms with Gasteiger partial charge in [0.1, 0.15) is 5.78 Å². The first-order chi connectivity index (χ1) is 7.90. The number of hydrogen-bond acceptors (Lipinski definition) is 1. The minimum atomic E-state index is 0.265. The van der Waals surface area contributed by atoms with Crippen LogP contribution in [0.15, 0.2) is 0 Å². The summed E-state index contributed by atoms with van der Waals surface area (Å²) in [5.41, 5.74) is 0.265. The van der Waals surface area contributed by atoms with E-state index in [0.717, 1.165) is 31.1 Å². The predicted molar refractivity (Wildman–Crippen MR) is 71.8 cm³/mol. The Morgan fingerprint density at radius 3 is 2.12 bits per heavy atom. The van der Waals surface area contributed by atoms with Gasteiger partial charge in [-0.1, -0.05) is 34.1 Å². The van der Waals surface area contributed by atoms with E-state index in [4.69, 9.17) is 0 Å². The van der Waals surface area contributed by atoms with Crippen molar-refractivity contribution in [2.45, 2.75) is 66.2 Å². The van der Waals surface area contributed by atoms with Gasteiger partial charge in [0, 0.05) is 11.8 Å². The molecular weight excluding hydrogens is 208 g/mol. The number of hydrogen-bond donors (Lipinski definition) is 0. The summed E-state index contributed by atoms with van der Waals surface area (Å²) in [4.78, 5) is 12.7. The maximum atomic E-state index is 12.7. The Morgan fingerprint density at radius 2 is 1.65 bits per heavy atom. The molecule has 3 unspecified atom stereocenters. The molecule has 2 saturated carbocycles. The van der Waals surface area contributed by atoms with Gasteiger partial charge in [0.25, 0.3) is 0 Å². The lowest BCUT2D eigenvalue weighted by Gasteiger charge is -2.35. The van der Waals surface area contributed by atoms with Gasteiger partial charge < -0.3 is 0 Å². The summed E-state index contributed by atoms with van der Waals surface area (Å²) >= 11 is 0. The first-order valence-electron chi connectivity index (χ1n) is 7.44. The molecule has 0 spiro atoms. The van der Waals surface area contributed by atoms with E-state index in [-0.39, 0.29) is 5.41 Å². The topological polar surface area (TPSA) is 17.1 Å². The zero-order chi connectivity index (χ0) is 12.6. The Morgan fingerprint density at radius 1 is 1.06 bits per heavy atom. The second kappa shape index (κ2) is 4.74. The average Bonchev–Trinajstić information content (AvgIpc) is 2.55. The molecule has 0 bridgehead atoms. The van der Waals surface area contributed by atoms with Gasteiger partial charge in [-0.2, -0.15) is 0 Å². The van der Waals surface area contributed by atoms with E-state index in [9.17, 15) is 4.79 Å². The lowest BCUT2D eigenvalue weighted by molar-refractivity contribution is -0.131. The van der Waals surface area contributed by atoms with Crippen LogP contribution in [-0.2, 0) is 4.79 Å². The lowest BCUT2D eigenvalue weighted by Crippen LogP contribution is -2.34. The summed E-state index contributed by atoms with van der Waals surface area (Å²) in [6, 6.07) is 0. The van der Waals surface area contributed by atoms with Gasteiger partial charge in [0.15, 0.2) is 0 Å². The highest BCUT2D eigenvalue weighted by molar-refractivity contribution is 5.84. The monoisotopic (exact) mass is 236 g/mol. The van der Waals surface area contributed by atoms with Crippen LogP contribution in [0, 0.1) is 29.1 Å². The summed E-state index contributed by atoms with van der Waals surface area (Å²) in [6.45, 7) is 9.21. The van der Waals surface area contributed by atoms with Gasteiger partial charge in [-0.3, -0.25) is 4.79 Å². The van der Waals surface area contributed by atoms with Crippen LogP contribution in [0.2, 0.25) is 0 Å². The van der Waals surface area contributed by atoms with Crippen LogP contribution in [0.1, 0.15) is 66.2 Å². The quantitative estimate of drug-likeness (QED) is 0.692. The van der Waals surface area contributed by atoms with Crippen LogP contribution >= 0.6 is 0 Å². The molecule has 0 aromatic carbocycles. The van der Waals surface area contributed by atoms with Gasteiger partial charge in [0.05, 0.1) is 0 Å². The molecule has 0 saturated heterocycles. The number of rotatable bonds is 2. The SMILES string of the molecule is CC1CC(C)CC(C(=O)C2CCCC2(C)C)C1. The molecule has 1 heteroatoms. The maximum absolute atomic E-state index is 12.7. The molecule has 3 atom stereocenters. The molecule has 2 aliphatic rings. The first-order valence-corrected chi connectivity index (χ1v) is 7.44. The van der Waals surface area contributed by atoms with Crippen molar-refractivity contribution in [1.82, 2.24) is 0 Å². The van der Waals surface area contributed by atoms with Crippen molar-refractivity contribution in [2.24, 2.45) is 29.1 Å². The highest BCUT2D eigenvalue weighted by atomic mass is 16.1. The molecule has 0 aromatic heterocycles. The van der Waals surface area contributed by atoms with Gasteiger partial charge in [0.2, 0.25) is 0 Å². The molecule has 2 rings (SSSR count). The molecule has 2 fully saturated rings. The van der Waals surface area contributed by atoms with Crippen LogP contribution in [0.4, 0.5) is 0 Å². The van der Waals surface area contributed by atoms with Gasteiger partial charge in [-0.05, 0) is 49.4 Å². The summed E-state index contributed by atoms with van der Waals surface area (Å²) in [6.07, 6.45) is 7.25. The Kier molecular flexibility index (Phi) is 3.66. The zero-order valence-corrected chi connectivity index (χ0v) is 12.0. The molecule has 0 aliphatic heterocycles. The molecule has 0 amide bonds. The lowest BCUT2D eigenvalue weighted by atomic mass is 9.69. The van der Waals surface area contributed by atoms with Gasteiger partial charge in [-0.25, -0.2) is 0 Å². The molecule has 2 aliphatic carbocycles. The number of carbonyl (C=O) groups is 1. The van der Waals surface area contributed by atoms with E-state index in [1.54, 1.807) is 0 Å². The molecule has 0 heterocycles. The molecule has 0 radical (unpaired) electrons. The van der Waals surface area contributed by atoms with E-state index in [1.165, 1.54) is 19.3 Å². The number of Topliss-reactive ketones (excluding diaryl/α,β-unsaturated/α-hetero) is 1. The van der Waals surface area contributed by atoms with Crippen LogP contribution in [0.25, 0.3) is 0 Å². The summed E-state index contributed by atoms with van der Waals surface area (Å²) in [5, 5.41) is 0. The van der Waals surface area contributed by atoms with E-state index in [0.29, 0.717) is 17.6 Å². The van der Waals surface area contributed by atoms with E-state index in [2.05, 4.69) is 27.7 Å². The normalized spacial score (nSPS) is 41.4. The van der Waals surface area contributed by atoms with Crippen molar-refractivity contribution < 1.29 is 4.79 Å². The Hall–Kier alpha value is -0.330. The smallest absolute Gasteiger partial charge is 0.139 e. The molecule has 0 N–H and O–H groups in total. The van der Waals surface area contributed by atoms with Gasteiger partial charge >= 0.3 is 0 Å². The third-order valence-corrected chi connectivity index (χ3v) is 5.18. The average molecular weight is 236 g/mol. The molecule has 98 valence electrons. The fourth-order valence-electron chi connectivity index (χ4n) is 4.32. The molecule has 17 heavy (non-hydrogen) atoms. The van der Waals surface area contributed by atoms with Crippen LogP contribution in [0.5, 0.6) is 0 Å². The Bertz CT molecular complexity index is 282. The Labute approximate surface area is 106 Å². The second-order valence-corrected chi connectivity index (χ2v) is 7.45. The van der Waals surface area contributed by atoms with Crippen LogP contribution in [-0.4, -0.2) is 5.78 Å². The fourth-order valence-corrected chi connectivity index (χ4v) is 4.32. The number of carbonyl (C=O) groups excluding carboxylic acids is 1. The zero-order valence-electron chi connectivity index (χ0n) is 12.0. The minimum Gasteiger partial charge on any atom is -0.299 e. The van der Waals surface area contributed by atoms with Crippen molar-refractivity contribution >= 4 is 5.78 Å². The Balaban J connectivity index is 2.04. The highest BCUT2D eigenvalue weighted by Gasteiger charge is 2.42. The van der Waals surface area contributed by atoms with Crippen molar-refractivity contribution in [3.63, 3.8) is 0 Å². The van der Waals surface area contributed by atoms with Crippen LogP contribution in [0.3, 0.4) is 0 Å². The van der Waals surface area contributed by atoms with E-state index >= 15 is 0 Å². The van der Waals surface area contributed by atoms with Gasteiger partial charge in [-0.15, -0.1) is 0 Å². The predicted octanol–water partition coefficient (Wildman–Crippen LogP) is 4.45. The standard InChI is InChI=1S/C16H28O/c1-11-8-12(2)10-13(9-11)15(17)14-6-5-7-16(14,3)4/h11-14H,5-10H2,1-4H3.